The Balaban J connectivity index is 1.91. The molecule has 2 N–H and O–H groups in total. The van der Waals surface area contributed by atoms with Gasteiger partial charge in [0.05, 0.1) is 12.2 Å². The lowest BCUT2D eigenvalue weighted by Crippen LogP contribution is -2.50. The van der Waals surface area contributed by atoms with E-state index in [1.165, 1.54) is 24.3 Å². The topological polar surface area (TPSA) is 75.6 Å². The molecule has 1 unspecified atom stereocenters. The molecule has 0 saturated heterocycles. The summed E-state index contributed by atoms with van der Waals surface area (Å²) in [7, 11) is 0. The molecule has 1 aliphatic rings. The van der Waals surface area contributed by atoms with Gasteiger partial charge in [0, 0.05) is 18.2 Å². The number of aliphatic carboxylic acids is 1. The number of halogens is 3. The number of ether oxygens (including phenoxy) is 1. The van der Waals surface area contributed by atoms with Gasteiger partial charge in [-0.15, -0.1) is 0 Å². The van der Waals surface area contributed by atoms with E-state index in [1.807, 2.05) is 6.92 Å². The van der Waals surface area contributed by atoms with Gasteiger partial charge in [-0.05, 0) is 60.2 Å². The van der Waals surface area contributed by atoms with Gasteiger partial charge in [0.1, 0.15) is 17.6 Å². The van der Waals surface area contributed by atoms with Gasteiger partial charge in [-0.25, -0.2) is 18.0 Å². The van der Waals surface area contributed by atoms with E-state index in [0.717, 1.165) is 0 Å². The fourth-order valence-corrected chi connectivity index (χ4v) is 4.08. The first-order valence-corrected chi connectivity index (χ1v) is 11.2. The Kier molecular flexibility index (Phi) is 7.24. The van der Waals surface area contributed by atoms with Gasteiger partial charge < -0.3 is 15.2 Å². The molecule has 0 aromatic heterocycles. The van der Waals surface area contributed by atoms with Gasteiger partial charge in [0.25, 0.3) is 5.91 Å². The smallest absolute Gasteiger partial charge is 0.326 e. The van der Waals surface area contributed by atoms with Crippen LogP contribution in [0.3, 0.4) is 0 Å². The van der Waals surface area contributed by atoms with E-state index in [4.69, 9.17) is 4.74 Å². The minimum atomic E-state index is -2.66. The van der Waals surface area contributed by atoms with Crippen LogP contribution in [0.4, 0.5) is 13.2 Å². The highest BCUT2D eigenvalue weighted by Crippen LogP contribution is 2.37. The highest BCUT2D eigenvalue weighted by Gasteiger charge is 2.37. The molecule has 0 bridgehead atoms. The zero-order valence-corrected chi connectivity index (χ0v) is 19.1. The number of alkyl halides is 2. The summed E-state index contributed by atoms with van der Waals surface area (Å²) in [6.07, 6.45) is 0.722. The molecule has 1 saturated carbocycles. The van der Waals surface area contributed by atoms with Crippen molar-refractivity contribution in [2.75, 3.05) is 6.61 Å². The molecule has 0 aliphatic heterocycles. The predicted molar refractivity (Wildman–Crippen MR) is 119 cm³/mol. The summed E-state index contributed by atoms with van der Waals surface area (Å²) in [5, 5.41) is 13.3. The Morgan fingerprint density at radius 3 is 2.48 bits per heavy atom. The number of amides is 1. The molecule has 0 heterocycles. The molecule has 2 aromatic rings. The van der Waals surface area contributed by atoms with Crippen LogP contribution in [-0.4, -0.2) is 35.6 Å². The van der Waals surface area contributed by atoms with Gasteiger partial charge >= 0.3 is 5.97 Å². The third kappa shape index (κ3) is 5.78. The quantitative estimate of drug-likeness (QED) is 0.517. The third-order valence-corrected chi connectivity index (χ3v) is 6.69. The second-order valence-electron chi connectivity index (χ2n) is 9.50. The molecule has 33 heavy (non-hydrogen) atoms. The molecule has 180 valence electrons. The summed E-state index contributed by atoms with van der Waals surface area (Å²) in [5.41, 5.74) is -0.580. The molecule has 1 amide bonds. The van der Waals surface area contributed by atoms with E-state index < -0.39 is 35.1 Å². The van der Waals surface area contributed by atoms with Gasteiger partial charge in [0.2, 0.25) is 5.92 Å². The van der Waals surface area contributed by atoms with Crippen molar-refractivity contribution in [3.05, 3.63) is 41.7 Å². The third-order valence-electron chi connectivity index (χ3n) is 6.69. The van der Waals surface area contributed by atoms with Gasteiger partial charge in [-0.3, -0.25) is 4.79 Å². The second-order valence-corrected chi connectivity index (χ2v) is 9.50. The summed E-state index contributed by atoms with van der Waals surface area (Å²) >= 11 is 0. The number of carbonyl (C=O) groups excluding carboxylic acids is 1. The second kappa shape index (κ2) is 9.61. The van der Waals surface area contributed by atoms with Gasteiger partial charge in [0.15, 0.2) is 0 Å². The molecule has 0 radical (unpaired) electrons. The van der Waals surface area contributed by atoms with E-state index >= 15 is 0 Å². The summed E-state index contributed by atoms with van der Waals surface area (Å²) in [6, 6.07) is 5.97. The molecule has 1 fully saturated rings. The predicted octanol–water partition coefficient (Wildman–Crippen LogP) is 5.80. The number of hydrogen-bond donors (Lipinski definition) is 2. The molecular weight excluding hydrogens is 435 g/mol. The zero-order valence-electron chi connectivity index (χ0n) is 19.1. The average molecular weight is 466 g/mol. The highest BCUT2D eigenvalue weighted by atomic mass is 19.3. The van der Waals surface area contributed by atoms with Crippen molar-refractivity contribution in [3.63, 3.8) is 0 Å². The van der Waals surface area contributed by atoms with Crippen molar-refractivity contribution in [2.45, 2.75) is 64.8 Å². The molecule has 3 rings (SSSR count). The van der Waals surface area contributed by atoms with E-state index in [0.29, 0.717) is 30.0 Å². The fraction of sp³-hybridized carbons (Fsp3) is 0.520. The Labute approximate surface area is 191 Å². The SMILES string of the molecule is CCC(C)(C)C(NC(=O)c1ccc2cc(F)ccc2c1OCC1CCC(F)(F)CC1)C(=O)O. The van der Waals surface area contributed by atoms with Crippen LogP contribution in [0.15, 0.2) is 30.3 Å². The maximum absolute atomic E-state index is 13.8. The molecule has 1 aliphatic carbocycles. The number of benzene rings is 2. The summed E-state index contributed by atoms with van der Waals surface area (Å²) in [6.45, 7) is 5.49. The van der Waals surface area contributed by atoms with Crippen molar-refractivity contribution < 1.29 is 32.6 Å². The van der Waals surface area contributed by atoms with Crippen LogP contribution < -0.4 is 10.1 Å². The summed E-state index contributed by atoms with van der Waals surface area (Å²) in [4.78, 5) is 25.0. The Bertz CT molecular complexity index is 1030. The molecule has 0 spiro atoms. The number of rotatable bonds is 8. The first-order chi connectivity index (χ1) is 15.4. The van der Waals surface area contributed by atoms with Crippen LogP contribution >= 0.6 is 0 Å². The van der Waals surface area contributed by atoms with Crippen LogP contribution in [0.5, 0.6) is 5.75 Å². The molecular formula is C25H30F3NO4. The van der Waals surface area contributed by atoms with Crippen LogP contribution in [0.2, 0.25) is 0 Å². The number of hydrogen-bond acceptors (Lipinski definition) is 3. The summed E-state index contributed by atoms with van der Waals surface area (Å²) < 4.78 is 46.7. The number of carbonyl (C=O) groups is 2. The first-order valence-electron chi connectivity index (χ1n) is 11.2. The monoisotopic (exact) mass is 465 g/mol. The van der Waals surface area contributed by atoms with E-state index in [9.17, 15) is 27.9 Å². The first kappa shape index (κ1) is 24.9. The number of carboxylic acids is 1. The standard InChI is InChI=1S/C25H30F3NO4/c1-4-24(2,3)21(23(31)32)29-22(30)19-7-5-16-13-17(26)6-8-18(16)20(19)33-14-15-9-11-25(27,28)12-10-15/h5-8,13,15,21H,4,9-12,14H2,1-3H3,(H,29,30)(H,31,32). The number of nitrogens with one attached hydrogen (secondary N) is 1. The lowest BCUT2D eigenvalue weighted by molar-refractivity contribution is -0.142. The van der Waals surface area contributed by atoms with Crippen molar-refractivity contribution in [3.8, 4) is 5.75 Å². The fourth-order valence-electron chi connectivity index (χ4n) is 4.08. The number of fused-ring (bicyclic) bond motifs is 1. The van der Waals surface area contributed by atoms with Gasteiger partial charge in [-0.1, -0.05) is 26.8 Å². The lowest BCUT2D eigenvalue weighted by Gasteiger charge is -2.31. The highest BCUT2D eigenvalue weighted by molar-refractivity contribution is 6.05. The van der Waals surface area contributed by atoms with Crippen molar-refractivity contribution in [1.82, 2.24) is 5.32 Å². The van der Waals surface area contributed by atoms with E-state index in [-0.39, 0.29) is 36.7 Å². The minimum absolute atomic E-state index is 0.0953. The maximum atomic E-state index is 13.8. The normalized spacial score (nSPS) is 17.5. The minimum Gasteiger partial charge on any atom is -0.492 e. The Morgan fingerprint density at radius 1 is 1.21 bits per heavy atom. The zero-order chi connectivity index (χ0) is 24.4. The van der Waals surface area contributed by atoms with Gasteiger partial charge in [-0.2, -0.15) is 0 Å². The van der Waals surface area contributed by atoms with Crippen LogP contribution in [0.25, 0.3) is 10.8 Å². The summed E-state index contributed by atoms with van der Waals surface area (Å²) in [5.74, 6) is -4.78. The van der Waals surface area contributed by atoms with E-state index in [1.54, 1.807) is 19.9 Å². The van der Waals surface area contributed by atoms with Crippen LogP contribution in [-0.2, 0) is 4.79 Å². The maximum Gasteiger partial charge on any atom is 0.326 e. The van der Waals surface area contributed by atoms with Crippen LogP contribution in [0, 0.1) is 17.2 Å². The average Bonchev–Trinajstić information content (AvgIpc) is 2.75. The largest absolute Gasteiger partial charge is 0.492 e. The molecule has 5 nitrogen and oxygen atoms in total. The Morgan fingerprint density at radius 2 is 1.88 bits per heavy atom. The molecule has 8 heteroatoms. The van der Waals surface area contributed by atoms with Crippen molar-refractivity contribution in [2.24, 2.45) is 11.3 Å². The van der Waals surface area contributed by atoms with Crippen molar-refractivity contribution in [1.29, 1.82) is 0 Å². The van der Waals surface area contributed by atoms with E-state index in [2.05, 4.69) is 5.32 Å². The molecule has 2 aromatic carbocycles. The molecule has 1 atom stereocenters. The van der Waals surface area contributed by atoms with Crippen molar-refractivity contribution >= 4 is 22.6 Å². The van der Waals surface area contributed by atoms with Crippen LogP contribution in [0.1, 0.15) is 63.2 Å². The Hall–Kier alpha value is -2.77. The number of carboxylic acid groups (broad SMARTS) is 1. The lowest BCUT2D eigenvalue weighted by atomic mass is 9.81.